The Kier molecular flexibility index (Phi) is 7.30. The van der Waals surface area contributed by atoms with Crippen molar-refractivity contribution in [2.45, 2.75) is 31.8 Å². The second-order valence-corrected chi connectivity index (χ2v) is 6.29. The Hall–Kier alpha value is -0.0300. The highest BCUT2D eigenvalue weighted by Gasteiger charge is 2.09. The van der Waals surface area contributed by atoms with Crippen molar-refractivity contribution in [2.75, 3.05) is 25.4 Å². The molecule has 1 aromatic rings. The number of halogens is 1. The number of hydrogen-bond acceptors (Lipinski definition) is 3. The molecular formula is C14H22BrNOS. The van der Waals surface area contributed by atoms with Crippen molar-refractivity contribution in [3.63, 3.8) is 0 Å². The van der Waals surface area contributed by atoms with Gasteiger partial charge in [-0.2, -0.15) is 0 Å². The largest absolute Gasteiger partial charge is 0.389 e. The lowest BCUT2D eigenvalue weighted by atomic mass is 10.1. The first-order chi connectivity index (χ1) is 8.58. The molecule has 0 bridgehead atoms. The van der Waals surface area contributed by atoms with Gasteiger partial charge in [0.1, 0.15) is 0 Å². The molecule has 0 saturated carbocycles. The number of aliphatic hydroxyl groups excluding tert-OH is 1. The molecule has 0 aliphatic rings. The maximum atomic E-state index is 9.76. The number of thioether (sulfide) groups is 1. The van der Waals surface area contributed by atoms with Crippen LogP contribution in [0.15, 0.2) is 27.6 Å². The molecule has 1 N–H and O–H groups in total. The molecular weight excluding hydrogens is 310 g/mol. The molecule has 0 aromatic heterocycles. The summed E-state index contributed by atoms with van der Waals surface area (Å²) in [6.07, 6.45) is -0.408. The Balaban J connectivity index is 2.63. The van der Waals surface area contributed by atoms with E-state index in [9.17, 15) is 5.11 Å². The molecule has 1 atom stereocenters. The monoisotopic (exact) mass is 331 g/mol. The maximum Gasteiger partial charge on any atom is 0.0772 e. The van der Waals surface area contributed by atoms with Crippen LogP contribution in [0.1, 0.15) is 32.4 Å². The average Bonchev–Trinajstić information content (AvgIpc) is 2.34. The fourth-order valence-electron chi connectivity index (χ4n) is 1.80. The van der Waals surface area contributed by atoms with Crippen LogP contribution in [-0.2, 0) is 0 Å². The molecule has 1 rings (SSSR count). The molecule has 2 nitrogen and oxygen atoms in total. The van der Waals surface area contributed by atoms with Gasteiger partial charge in [0.25, 0.3) is 0 Å². The van der Waals surface area contributed by atoms with Crippen molar-refractivity contribution >= 4 is 27.7 Å². The van der Waals surface area contributed by atoms with E-state index in [0.29, 0.717) is 0 Å². The molecule has 4 heteroatoms. The van der Waals surface area contributed by atoms with E-state index in [0.717, 1.165) is 35.4 Å². The van der Waals surface area contributed by atoms with Gasteiger partial charge in [-0.05, 0) is 37.7 Å². The lowest BCUT2D eigenvalue weighted by Gasteiger charge is -2.18. The first-order valence-electron chi connectivity index (χ1n) is 6.41. The molecule has 0 radical (unpaired) electrons. The Labute approximate surface area is 123 Å². The Morgan fingerprint density at radius 2 is 2.00 bits per heavy atom. The predicted molar refractivity (Wildman–Crippen MR) is 83.3 cm³/mol. The highest BCUT2D eigenvalue weighted by atomic mass is 79.9. The molecule has 1 unspecified atom stereocenters. The van der Waals surface area contributed by atoms with Crippen LogP contribution in [0.25, 0.3) is 0 Å². The van der Waals surface area contributed by atoms with Gasteiger partial charge in [0.05, 0.1) is 6.10 Å². The summed E-state index contributed by atoms with van der Waals surface area (Å²) >= 11 is 5.31. The van der Waals surface area contributed by atoms with Crippen LogP contribution in [-0.4, -0.2) is 35.4 Å². The first-order valence-corrected chi connectivity index (χ1v) is 8.19. The lowest BCUT2D eigenvalue weighted by Crippen LogP contribution is -2.25. The standard InChI is InChI=1S/C14H22BrNOS/c1-4-16(5-2)8-9-18-14-10-12(15)6-7-13(14)11(3)17/h6-7,10-11,17H,4-5,8-9H2,1-3H3. The SMILES string of the molecule is CCN(CC)CCSc1cc(Br)ccc1C(C)O. The van der Waals surface area contributed by atoms with E-state index in [1.807, 2.05) is 30.8 Å². The van der Waals surface area contributed by atoms with Crippen molar-refractivity contribution in [1.29, 1.82) is 0 Å². The van der Waals surface area contributed by atoms with Crippen molar-refractivity contribution in [3.8, 4) is 0 Å². The van der Waals surface area contributed by atoms with E-state index >= 15 is 0 Å². The molecule has 0 aliphatic heterocycles. The van der Waals surface area contributed by atoms with Crippen LogP contribution in [0.3, 0.4) is 0 Å². The third-order valence-electron chi connectivity index (χ3n) is 2.99. The minimum atomic E-state index is -0.408. The highest BCUT2D eigenvalue weighted by molar-refractivity contribution is 9.10. The summed E-state index contributed by atoms with van der Waals surface area (Å²) in [7, 11) is 0. The number of hydrogen-bond donors (Lipinski definition) is 1. The minimum Gasteiger partial charge on any atom is -0.389 e. The van der Waals surface area contributed by atoms with E-state index in [-0.39, 0.29) is 0 Å². The summed E-state index contributed by atoms with van der Waals surface area (Å²) < 4.78 is 1.07. The highest BCUT2D eigenvalue weighted by Crippen LogP contribution is 2.30. The van der Waals surface area contributed by atoms with E-state index in [2.05, 4.69) is 40.7 Å². The molecule has 0 amide bonds. The lowest BCUT2D eigenvalue weighted by molar-refractivity contribution is 0.196. The Morgan fingerprint density at radius 1 is 1.33 bits per heavy atom. The van der Waals surface area contributed by atoms with Crippen LogP contribution < -0.4 is 0 Å². The number of aliphatic hydroxyl groups is 1. The third-order valence-corrected chi connectivity index (χ3v) is 4.53. The van der Waals surface area contributed by atoms with Gasteiger partial charge in [0.2, 0.25) is 0 Å². The number of nitrogens with zero attached hydrogens (tertiary/aromatic N) is 1. The van der Waals surface area contributed by atoms with E-state index < -0.39 is 6.10 Å². The molecule has 102 valence electrons. The van der Waals surface area contributed by atoms with Gasteiger partial charge in [0, 0.05) is 21.7 Å². The normalized spacial score (nSPS) is 13.0. The number of rotatable bonds is 7. The summed E-state index contributed by atoms with van der Waals surface area (Å²) in [4.78, 5) is 3.58. The first kappa shape index (κ1) is 16.0. The van der Waals surface area contributed by atoms with Crippen LogP contribution in [0.5, 0.6) is 0 Å². The minimum absolute atomic E-state index is 0.408. The van der Waals surface area contributed by atoms with Gasteiger partial charge in [-0.3, -0.25) is 0 Å². The predicted octanol–water partition coefficient (Wildman–Crippen LogP) is 3.94. The topological polar surface area (TPSA) is 23.5 Å². The van der Waals surface area contributed by atoms with Gasteiger partial charge in [-0.1, -0.05) is 35.8 Å². The number of benzene rings is 1. The van der Waals surface area contributed by atoms with Gasteiger partial charge in [0.15, 0.2) is 0 Å². The fourth-order valence-corrected chi connectivity index (χ4v) is 3.50. The molecule has 0 heterocycles. The molecule has 1 aromatic carbocycles. The summed E-state index contributed by atoms with van der Waals surface area (Å²) in [6.45, 7) is 9.47. The average molecular weight is 332 g/mol. The van der Waals surface area contributed by atoms with Crippen molar-refractivity contribution in [2.24, 2.45) is 0 Å². The van der Waals surface area contributed by atoms with Crippen molar-refractivity contribution < 1.29 is 5.11 Å². The summed E-state index contributed by atoms with van der Waals surface area (Å²) in [5.41, 5.74) is 1.02. The van der Waals surface area contributed by atoms with Crippen LogP contribution >= 0.6 is 27.7 Å². The third kappa shape index (κ3) is 4.92. The Bertz CT molecular complexity index is 367. The fraction of sp³-hybridized carbons (Fsp3) is 0.571. The molecule has 0 aliphatic carbocycles. The van der Waals surface area contributed by atoms with E-state index in [1.165, 1.54) is 4.90 Å². The summed E-state index contributed by atoms with van der Waals surface area (Å²) in [6, 6.07) is 6.07. The Morgan fingerprint density at radius 3 is 2.56 bits per heavy atom. The smallest absolute Gasteiger partial charge is 0.0772 e. The van der Waals surface area contributed by atoms with Crippen LogP contribution in [0, 0.1) is 0 Å². The molecule has 0 fully saturated rings. The summed E-state index contributed by atoms with van der Waals surface area (Å²) in [5, 5.41) is 9.76. The van der Waals surface area contributed by atoms with Crippen molar-refractivity contribution in [3.05, 3.63) is 28.2 Å². The second kappa shape index (κ2) is 8.20. The summed E-state index contributed by atoms with van der Waals surface area (Å²) in [5.74, 6) is 1.05. The zero-order chi connectivity index (χ0) is 13.5. The van der Waals surface area contributed by atoms with Crippen LogP contribution in [0.2, 0.25) is 0 Å². The second-order valence-electron chi connectivity index (χ2n) is 4.23. The zero-order valence-electron chi connectivity index (χ0n) is 11.3. The quantitative estimate of drug-likeness (QED) is 0.765. The van der Waals surface area contributed by atoms with Crippen molar-refractivity contribution in [1.82, 2.24) is 4.90 Å². The zero-order valence-corrected chi connectivity index (χ0v) is 13.7. The maximum absolute atomic E-state index is 9.76. The molecule has 18 heavy (non-hydrogen) atoms. The van der Waals surface area contributed by atoms with Crippen LogP contribution in [0.4, 0.5) is 0 Å². The van der Waals surface area contributed by atoms with E-state index in [4.69, 9.17) is 0 Å². The van der Waals surface area contributed by atoms with Gasteiger partial charge >= 0.3 is 0 Å². The van der Waals surface area contributed by atoms with Gasteiger partial charge < -0.3 is 10.0 Å². The van der Waals surface area contributed by atoms with Gasteiger partial charge in [-0.15, -0.1) is 11.8 Å². The van der Waals surface area contributed by atoms with E-state index in [1.54, 1.807) is 0 Å². The van der Waals surface area contributed by atoms with Gasteiger partial charge in [-0.25, -0.2) is 0 Å². The molecule has 0 saturated heterocycles. The molecule has 0 spiro atoms.